The minimum Gasteiger partial charge on any atom is -0.0651 e. The van der Waals surface area contributed by atoms with Gasteiger partial charge in [0.15, 0.2) is 0 Å². The molecule has 0 aliphatic heterocycles. The molecule has 0 aromatic heterocycles. The molecular formula is C14H30. The third-order valence-electron chi connectivity index (χ3n) is 5.26. The fourth-order valence-corrected chi connectivity index (χ4v) is 2.14. The Labute approximate surface area is 91.5 Å². The topological polar surface area (TPSA) is 0 Å². The smallest absolute Gasteiger partial charge is 0.0275 e. The Morgan fingerprint density at radius 2 is 1.36 bits per heavy atom. The van der Waals surface area contributed by atoms with Crippen LogP contribution in [0.25, 0.3) is 0 Å². The predicted molar refractivity (Wildman–Crippen MR) is 66.5 cm³/mol. The van der Waals surface area contributed by atoms with E-state index in [1.54, 1.807) is 0 Å². The Bertz CT molecular complexity index is 165. The summed E-state index contributed by atoms with van der Waals surface area (Å²) in [5, 5.41) is 0. The summed E-state index contributed by atoms with van der Waals surface area (Å²) in [6.45, 7) is 19.1. The van der Waals surface area contributed by atoms with Gasteiger partial charge in [-0.25, -0.2) is 0 Å². The van der Waals surface area contributed by atoms with Crippen LogP contribution in [-0.2, 0) is 0 Å². The van der Waals surface area contributed by atoms with Crippen LogP contribution in [0, 0.1) is 22.7 Å². The lowest BCUT2D eigenvalue weighted by Crippen LogP contribution is -2.40. The van der Waals surface area contributed by atoms with Crippen LogP contribution >= 0.6 is 0 Å². The lowest BCUT2D eigenvalue weighted by molar-refractivity contribution is 0.0166. The van der Waals surface area contributed by atoms with Crippen LogP contribution in [0.3, 0.4) is 0 Å². The van der Waals surface area contributed by atoms with E-state index in [4.69, 9.17) is 0 Å². The van der Waals surface area contributed by atoms with Crippen molar-refractivity contribution < 1.29 is 0 Å². The highest BCUT2D eigenvalue weighted by atomic mass is 14.5. The van der Waals surface area contributed by atoms with Crippen LogP contribution in [0.1, 0.15) is 68.2 Å². The predicted octanol–water partition coefficient (Wildman–Crippen LogP) is 5.13. The Hall–Kier alpha value is 0. The highest BCUT2D eigenvalue weighted by molar-refractivity contribution is 4.90. The van der Waals surface area contributed by atoms with Crippen molar-refractivity contribution in [3.05, 3.63) is 0 Å². The van der Waals surface area contributed by atoms with E-state index in [2.05, 4.69) is 55.4 Å². The van der Waals surface area contributed by atoms with Gasteiger partial charge >= 0.3 is 0 Å². The van der Waals surface area contributed by atoms with Crippen LogP contribution in [0.15, 0.2) is 0 Å². The van der Waals surface area contributed by atoms with Crippen molar-refractivity contribution in [2.45, 2.75) is 68.2 Å². The van der Waals surface area contributed by atoms with Crippen molar-refractivity contribution in [1.82, 2.24) is 0 Å². The minimum atomic E-state index is 0.428. The van der Waals surface area contributed by atoms with Gasteiger partial charge in [0, 0.05) is 0 Å². The first kappa shape index (κ1) is 14.0. The lowest BCUT2D eigenvalue weighted by atomic mass is 9.57. The molecule has 0 aliphatic carbocycles. The summed E-state index contributed by atoms with van der Waals surface area (Å²) >= 11 is 0. The zero-order valence-corrected chi connectivity index (χ0v) is 11.6. The fraction of sp³-hybridized carbons (Fsp3) is 1.00. The molecule has 0 heterocycles. The number of hydrogen-bond donors (Lipinski definition) is 0. The first-order valence-corrected chi connectivity index (χ1v) is 6.20. The van der Waals surface area contributed by atoms with E-state index in [0.29, 0.717) is 10.8 Å². The Balaban J connectivity index is 4.76. The van der Waals surface area contributed by atoms with Crippen LogP contribution < -0.4 is 0 Å². The van der Waals surface area contributed by atoms with E-state index >= 15 is 0 Å². The third kappa shape index (κ3) is 2.52. The highest BCUT2D eigenvalue weighted by Gasteiger charge is 2.41. The fourth-order valence-electron chi connectivity index (χ4n) is 2.14. The average Bonchev–Trinajstić information content (AvgIpc) is 2.14. The van der Waals surface area contributed by atoms with Gasteiger partial charge < -0.3 is 0 Å². The summed E-state index contributed by atoms with van der Waals surface area (Å²) in [5.41, 5.74) is 0.868. The second-order valence-electron chi connectivity index (χ2n) is 6.13. The normalized spacial score (nSPS) is 18.0. The van der Waals surface area contributed by atoms with Crippen LogP contribution in [-0.4, -0.2) is 0 Å². The summed E-state index contributed by atoms with van der Waals surface area (Å²) in [7, 11) is 0. The van der Waals surface area contributed by atoms with Crippen molar-refractivity contribution >= 4 is 0 Å². The molecule has 0 aliphatic rings. The maximum atomic E-state index is 2.44. The van der Waals surface area contributed by atoms with E-state index in [0.717, 1.165) is 11.8 Å². The van der Waals surface area contributed by atoms with E-state index in [9.17, 15) is 0 Å². The Kier molecular flexibility index (Phi) is 4.68. The van der Waals surface area contributed by atoms with Crippen LogP contribution in [0.4, 0.5) is 0 Å². The molecule has 0 aromatic carbocycles. The molecule has 0 fully saturated rings. The average molecular weight is 198 g/mol. The Morgan fingerprint density at radius 3 is 1.64 bits per heavy atom. The highest BCUT2D eigenvalue weighted by Crippen LogP contribution is 2.49. The largest absolute Gasteiger partial charge is 0.0651 e. The summed E-state index contributed by atoms with van der Waals surface area (Å²) in [6.07, 6.45) is 2.56. The van der Waals surface area contributed by atoms with Gasteiger partial charge in [-0.3, -0.25) is 0 Å². The van der Waals surface area contributed by atoms with Crippen molar-refractivity contribution in [3.8, 4) is 0 Å². The second-order valence-corrected chi connectivity index (χ2v) is 6.13. The van der Waals surface area contributed by atoms with Gasteiger partial charge in [-0.15, -0.1) is 0 Å². The van der Waals surface area contributed by atoms with E-state index in [1.807, 2.05) is 0 Å². The maximum Gasteiger partial charge on any atom is -0.0275 e. The van der Waals surface area contributed by atoms with Gasteiger partial charge in [0.2, 0.25) is 0 Å². The van der Waals surface area contributed by atoms with Gasteiger partial charge in [0.05, 0.1) is 0 Å². The third-order valence-corrected chi connectivity index (χ3v) is 5.26. The van der Waals surface area contributed by atoms with Crippen molar-refractivity contribution in [2.75, 3.05) is 0 Å². The quantitative estimate of drug-likeness (QED) is 0.574. The molecule has 0 amide bonds. The SMILES string of the molecule is CCC(C)C(C)C(C)(C)C(C)(C)CC. The van der Waals surface area contributed by atoms with Gasteiger partial charge in [-0.05, 0) is 22.7 Å². The first-order valence-electron chi connectivity index (χ1n) is 6.20. The molecule has 14 heavy (non-hydrogen) atoms. The first-order chi connectivity index (χ1) is 6.20. The molecule has 0 aromatic rings. The van der Waals surface area contributed by atoms with E-state index in [-0.39, 0.29) is 0 Å². The molecule has 0 N–H and O–H groups in total. The lowest BCUT2D eigenvalue weighted by Gasteiger charge is -2.48. The van der Waals surface area contributed by atoms with Crippen molar-refractivity contribution in [1.29, 1.82) is 0 Å². The molecule has 0 spiro atoms. The monoisotopic (exact) mass is 198 g/mol. The van der Waals surface area contributed by atoms with Gasteiger partial charge in [0.25, 0.3) is 0 Å². The van der Waals surface area contributed by atoms with Gasteiger partial charge in [-0.2, -0.15) is 0 Å². The minimum absolute atomic E-state index is 0.428. The molecular weight excluding hydrogens is 168 g/mol. The van der Waals surface area contributed by atoms with E-state index < -0.39 is 0 Å². The molecule has 0 heteroatoms. The van der Waals surface area contributed by atoms with Crippen molar-refractivity contribution in [3.63, 3.8) is 0 Å². The van der Waals surface area contributed by atoms with Gasteiger partial charge in [0.1, 0.15) is 0 Å². The molecule has 0 saturated carbocycles. The van der Waals surface area contributed by atoms with E-state index in [1.165, 1.54) is 12.8 Å². The summed E-state index contributed by atoms with van der Waals surface area (Å²) in [6, 6.07) is 0. The maximum absolute atomic E-state index is 2.44. The van der Waals surface area contributed by atoms with Crippen molar-refractivity contribution in [2.24, 2.45) is 22.7 Å². The summed E-state index contributed by atoms with van der Waals surface area (Å²) in [4.78, 5) is 0. The molecule has 2 atom stereocenters. The zero-order chi connectivity index (χ0) is 11.6. The Morgan fingerprint density at radius 1 is 0.929 bits per heavy atom. The molecule has 0 nitrogen and oxygen atoms in total. The van der Waals surface area contributed by atoms with Crippen LogP contribution in [0.2, 0.25) is 0 Å². The molecule has 0 bridgehead atoms. The molecule has 2 unspecified atom stereocenters. The van der Waals surface area contributed by atoms with Gasteiger partial charge in [-0.1, -0.05) is 68.2 Å². The zero-order valence-electron chi connectivity index (χ0n) is 11.6. The number of rotatable bonds is 5. The standard InChI is InChI=1S/C14H30/c1-9-11(3)12(4)14(7,8)13(5,6)10-2/h11-12H,9-10H2,1-8H3. The molecule has 0 saturated heterocycles. The second kappa shape index (κ2) is 4.68. The summed E-state index contributed by atoms with van der Waals surface area (Å²) in [5.74, 6) is 1.62. The van der Waals surface area contributed by atoms with Crippen LogP contribution in [0.5, 0.6) is 0 Å². The molecule has 86 valence electrons. The molecule has 0 rings (SSSR count). The molecule has 0 radical (unpaired) electrons. The summed E-state index contributed by atoms with van der Waals surface area (Å²) < 4.78 is 0. The number of hydrogen-bond acceptors (Lipinski definition) is 0.